The number of hydrogen-bond acceptors (Lipinski definition) is 3. The Morgan fingerprint density at radius 1 is 1.04 bits per heavy atom. The third-order valence-electron chi connectivity index (χ3n) is 5.25. The van der Waals surface area contributed by atoms with Crippen molar-refractivity contribution in [3.63, 3.8) is 0 Å². The van der Waals surface area contributed by atoms with Gasteiger partial charge in [-0.25, -0.2) is 4.68 Å². The van der Waals surface area contributed by atoms with Crippen molar-refractivity contribution in [2.24, 2.45) is 0 Å². The van der Waals surface area contributed by atoms with Gasteiger partial charge in [-0.15, -0.1) is 0 Å². The fourth-order valence-corrected chi connectivity index (χ4v) is 3.74. The van der Waals surface area contributed by atoms with E-state index in [1.54, 1.807) is 11.8 Å². The summed E-state index contributed by atoms with van der Waals surface area (Å²) in [7, 11) is 1.64. The van der Waals surface area contributed by atoms with Crippen molar-refractivity contribution in [2.45, 2.75) is 38.1 Å². The predicted molar refractivity (Wildman–Crippen MR) is 110 cm³/mol. The average molecular weight is 375 g/mol. The summed E-state index contributed by atoms with van der Waals surface area (Å²) in [5.41, 5.74) is 3.08. The molecule has 0 unspecified atom stereocenters. The van der Waals surface area contributed by atoms with Crippen LogP contribution in [-0.2, 0) is 0 Å². The van der Waals surface area contributed by atoms with Crippen LogP contribution < -0.4 is 10.1 Å². The Labute approximate surface area is 165 Å². The summed E-state index contributed by atoms with van der Waals surface area (Å²) in [6.07, 6.45) is 5.71. The highest BCUT2D eigenvalue weighted by atomic mass is 16.5. The molecule has 1 fully saturated rings. The first-order valence-corrected chi connectivity index (χ1v) is 9.85. The van der Waals surface area contributed by atoms with Gasteiger partial charge in [-0.2, -0.15) is 5.10 Å². The number of nitrogens with one attached hydrogen (secondary N) is 1. The Bertz CT molecular complexity index is 943. The van der Waals surface area contributed by atoms with Crippen LogP contribution in [0.5, 0.6) is 5.75 Å². The Hall–Kier alpha value is -3.08. The lowest BCUT2D eigenvalue weighted by Crippen LogP contribution is -2.37. The molecule has 28 heavy (non-hydrogen) atoms. The molecule has 0 bridgehead atoms. The van der Waals surface area contributed by atoms with Crippen LogP contribution in [0.4, 0.5) is 0 Å². The summed E-state index contributed by atoms with van der Waals surface area (Å²) in [6.45, 7) is 0. The van der Waals surface area contributed by atoms with Crippen molar-refractivity contribution in [1.82, 2.24) is 15.1 Å². The molecule has 1 aliphatic rings. The Kier molecular flexibility index (Phi) is 5.42. The van der Waals surface area contributed by atoms with Crippen LogP contribution in [0.25, 0.3) is 16.9 Å². The van der Waals surface area contributed by atoms with Crippen molar-refractivity contribution >= 4 is 5.91 Å². The van der Waals surface area contributed by atoms with E-state index >= 15 is 0 Å². The summed E-state index contributed by atoms with van der Waals surface area (Å²) in [5, 5.41) is 7.95. The minimum atomic E-state index is -0.0719. The third kappa shape index (κ3) is 3.93. The molecule has 1 amide bonds. The predicted octanol–water partition coefficient (Wildman–Crippen LogP) is 4.61. The fraction of sp³-hybridized carbons (Fsp3) is 0.304. The molecule has 0 atom stereocenters. The van der Waals surface area contributed by atoms with Gasteiger partial charge >= 0.3 is 0 Å². The van der Waals surface area contributed by atoms with Gasteiger partial charge in [-0.3, -0.25) is 4.79 Å². The van der Waals surface area contributed by atoms with E-state index in [1.165, 1.54) is 19.3 Å². The summed E-state index contributed by atoms with van der Waals surface area (Å²) < 4.78 is 7.06. The van der Waals surface area contributed by atoms with Crippen molar-refractivity contribution in [3.05, 3.63) is 66.4 Å². The first-order chi connectivity index (χ1) is 13.7. The zero-order valence-electron chi connectivity index (χ0n) is 16.1. The summed E-state index contributed by atoms with van der Waals surface area (Å²) in [5.74, 6) is 0.692. The minimum absolute atomic E-state index is 0.0719. The number of nitrogens with zero attached hydrogens (tertiary/aromatic N) is 2. The van der Waals surface area contributed by atoms with Crippen LogP contribution >= 0.6 is 0 Å². The molecule has 144 valence electrons. The van der Waals surface area contributed by atoms with Gasteiger partial charge in [-0.1, -0.05) is 49.6 Å². The monoisotopic (exact) mass is 375 g/mol. The maximum atomic E-state index is 13.1. The number of carbonyl (C=O) groups is 1. The average Bonchev–Trinajstić information content (AvgIpc) is 3.21. The number of ether oxygens (including phenoxy) is 1. The maximum Gasteiger partial charge on any atom is 0.270 e. The second kappa shape index (κ2) is 8.30. The van der Waals surface area contributed by atoms with E-state index in [9.17, 15) is 4.79 Å². The van der Waals surface area contributed by atoms with Gasteiger partial charge < -0.3 is 10.1 Å². The molecule has 2 aromatic carbocycles. The van der Waals surface area contributed by atoms with Gasteiger partial charge in [0.25, 0.3) is 5.91 Å². The first kappa shape index (κ1) is 18.3. The molecule has 1 saturated carbocycles. The second-order valence-electron chi connectivity index (χ2n) is 7.20. The number of rotatable bonds is 5. The number of benzene rings is 2. The zero-order chi connectivity index (χ0) is 19.3. The van der Waals surface area contributed by atoms with E-state index in [-0.39, 0.29) is 11.9 Å². The molecule has 1 heterocycles. The molecule has 0 aliphatic heterocycles. The van der Waals surface area contributed by atoms with Crippen molar-refractivity contribution < 1.29 is 9.53 Å². The third-order valence-corrected chi connectivity index (χ3v) is 5.25. The first-order valence-electron chi connectivity index (χ1n) is 9.85. The zero-order valence-corrected chi connectivity index (χ0v) is 16.1. The molecule has 0 saturated heterocycles. The van der Waals surface area contributed by atoms with E-state index in [2.05, 4.69) is 5.32 Å². The van der Waals surface area contributed by atoms with E-state index in [1.807, 2.05) is 60.7 Å². The summed E-state index contributed by atoms with van der Waals surface area (Å²) in [4.78, 5) is 13.1. The normalized spacial score (nSPS) is 14.6. The molecule has 0 spiro atoms. The molecule has 5 nitrogen and oxygen atoms in total. The van der Waals surface area contributed by atoms with Crippen molar-refractivity contribution in [2.75, 3.05) is 7.11 Å². The van der Waals surface area contributed by atoms with Gasteiger partial charge in [0.1, 0.15) is 11.4 Å². The highest BCUT2D eigenvalue weighted by molar-refractivity contribution is 5.94. The smallest absolute Gasteiger partial charge is 0.270 e. The van der Waals surface area contributed by atoms with Gasteiger partial charge in [0.15, 0.2) is 0 Å². The highest BCUT2D eigenvalue weighted by Crippen LogP contribution is 2.26. The summed E-state index contributed by atoms with van der Waals surface area (Å²) in [6, 6.07) is 19.6. The largest absolute Gasteiger partial charge is 0.497 e. The van der Waals surface area contributed by atoms with Crippen LogP contribution in [0, 0.1) is 0 Å². The van der Waals surface area contributed by atoms with Crippen LogP contribution in [0.3, 0.4) is 0 Å². The molecule has 3 aromatic rings. The standard InChI is InChI=1S/C23H25N3O2/c1-28-20-14-8-9-17(15-20)21-16-22(23(27)24-18-10-4-2-5-11-18)26(25-21)19-12-6-3-7-13-19/h3,6-9,12-16,18H,2,4-5,10-11H2,1H3,(H,24,27). The molecular weight excluding hydrogens is 350 g/mol. The lowest BCUT2D eigenvalue weighted by atomic mass is 9.95. The van der Waals surface area contributed by atoms with Gasteiger partial charge in [0, 0.05) is 11.6 Å². The molecule has 1 aromatic heterocycles. The molecule has 5 heteroatoms. The fourth-order valence-electron chi connectivity index (χ4n) is 3.74. The highest BCUT2D eigenvalue weighted by Gasteiger charge is 2.21. The number of amides is 1. The van der Waals surface area contributed by atoms with Crippen LogP contribution in [0.2, 0.25) is 0 Å². The Morgan fingerprint density at radius 3 is 2.57 bits per heavy atom. The number of aromatic nitrogens is 2. The lowest BCUT2D eigenvalue weighted by molar-refractivity contribution is 0.0920. The minimum Gasteiger partial charge on any atom is -0.497 e. The quantitative estimate of drug-likeness (QED) is 0.708. The molecular formula is C23H25N3O2. The Morgan fingerprint density at radius 2 is 1.82 bits per heavy atom. The summed E-state index contributed by atoms with van der Waals surface area (Å²) >= 11 is 0. The van der Waals surface area contributed by atoms with E-state index in [0.29, 0.717) is 5.69 Å². The number of carbonyl (C=O) groups excluding carboxylic acids is 1. The number of methoxy groups -OCH3 is 1. The van der Waals surface area contributed by atoms with Gasteiger partial charge in [0.05, 0.1) is 18.5 Å². The van der Waals surface area contributed by atoms with E-state index in [0.717, 1.165) is 35.5 Å². The van der Waals surface area contributed by atoms with Crippen LogP contribution in [0.1, 0.15) is 42.6 Å². The van der Waals surface area contributed by atoms with Crippen molar-refractivity contribution in [3.8, 4) is 22.7 Å². The molecule has 0 radical (unpaired) electrons. The molecule has 1 N–H and O–H groups in total. The number of para-hydroxylation sites is 1. The Balaban J connectivity index is 1.70. The lowest BCUT2D eigenvalue weighted by Gasteiger charge is -2.22. The second-order valence-corrected chi connectivity index (χ2v) is 7.20. The van der Waals surface area contributed by atoms with E-state index < -0.39 is 0 Å². The van der Waals surface area contributed by atoms with E-state index in [4.69, 9.17) is 9.84 Å². The number of hydrogen-bond donors (Lipinski definition) is 1. The molecule has 1 aliphatic carbocycles. The van der Waals surface area contributed by atoms with Crippen LogP contribution in [-0.4, -0.2) is 28.8 Å². The topological polar surface area (TPSA) is 56.1 Å². The van der Waals surface area contributed by atoms with Crippen molar-refractivity contribution in [1.29, 1.82) is 0 Å². The SMILES string of the molecule is COc1cccc(-c2cc(C(=O)NC3CCCCC3)n(-c3ccccc3)n2)c1. The molecule has 4 rings (SSSR count). The van der Waals surface area contributed by atoms with Gasteiger partial charge in [-0.05, 0) is 43.2 Å². The van der Waals surface area contributed by atoms with Crippen LogP contribution in [0.15, 0.2) is 60.7 Å². The van der Waals surface area contributed by atoms with Gasteiger partial charge in [0.2, 0.25) is 0 Å². The maximum absolute atomic E-state index is 13.1.